The maximum atomic E-state index is 12.7. The molecule has 2 rings (SSSR count). The molecule has 1 heterocycles. The van der Waals surface area contributed by atoms with Gasteiger partial charge in [-0.3, -0.25) is 0 Å². The van der Waals surface area contributed by atoms with Crippen LogP contribution in [0, 0.1) is 0 Å². The van der Waals surface area contributed by atoms with Gasteiger partial charge in [0, 0.05) is 5.56 Å². The van der Waals surface area contributed by atoms with E-state index in [0.717, 1.165) is 4.68 Å². The van der Waals surface area contributed by atoms with Gasteiger partial charge in [-0.1, -0.05) is 13.8 Å². The van der Waals surface area contributed by atoms with Gasteiger partial charge in [0.05, 0.1) is 17.5 Å². The molecule has 0 saturated heterocycles. The van der Waals surface area contributed by atoms with E-state index < -0.39 is 12.7 Å². The molecule has 5 heteroatoms. The number of alkyl halides is 2. The number of aliphatic hydroxyl groups is 1. The fraction of sp³-hybridized carbons (Fsp3) is 0.700. The van der Waals surface area contributed by atoms with Crippen molar-refractivity contribution in [3.63, 3.8) is 0 Å². The summed E-state index contributed by atoms with van der Waals surface area (Å²) < 4.78 is 26.1. The van der Waals surface area contributed by atoms with Crippen molar-refractivity contribution >= 4 is 0 Å². The molecule has 1 N–H and O–H groups in total. The summed E-state index contributed by atoms with van der Waals surface area (Å²) >= 11 is 0. The predicted molar refractivity (Wildman–Crippen MR) is 50.8 cm³/mol. The third kappa shape index (κ3) is 1.55. The molecule has 3 nitrogen and oxygen atoms in total. The van der Waals surface area contributed by atoms with E-state index in [-0.39, 0.29) is 5.92 Å². The van der Waals surface area contributed by atoms with Gasteiger partial charge in [0.15, 0.2) is 0 Å². The molecule has 15 heavy (non-hydrogen) atoms. The first-order chi connectivity index (χ1) is 7.02. The molecule has 1 unspecified atom stereocenters. The fourth-order valence-electron chi connectivity index (χ4n) is 2.20. The van der Waals surface area contributed by atoms with Crippen LogP contribution in [-0.2, 0) is 6.42 Å². The van der Waals surface area contributed by atoms with Crippen molar-refractivity contribution in [2.75, 3.05) is 0 Å². The lowest BCUT2D eigenvalue weighted by molar-refractivity contribution is 0.0511. The van der Waals surface area contributed by atoms with Crippen molar-refractivity contribution in [1.29, 1.82) is 0 Å². The van der Waals surface area contributed by atoms with Gasteiger partial charge in [-0.2, -0.15) is 13.9 Å². The first kappa shape index (κ1) is 10.5. The summed E-state index contributed by atoms with van der Waals surface area (Å²) in [6.45, 7) is 1.04. The van der Waals surface area contributed by atoms with Crippen molar-refractivity contribution < 1.29 is 13.9 Å². The van der Waals surface area contributed by atoms with Crippen LogP contribution in [0.1, 0.15) is 55.8 Å². The van der Waals surface area contributed by atoms with Crippen LogP contribution in [0.2, 0.25) is 0 Å². The van der Waals surface area contributed by atoms with Gasteiger partial charge in [-0.15, -0.1) is 0 Å². The SMILES string of the molecule is CC(C)c1c2c(nn1C(F)F)CCC2O. The Balaban J connectivity index is 2.56. The first-order valence-corrected chi connectivity index (χ1v) is 5.09. The number of aromatic nitrogens is 2. The Morgan fingerprint density at radius 2 is 2.13 bits per heavy atom. The average Bonchev–Trinajstić information content (AvgIpc) is 2.65. The third-order valence-electron chi connectivity index (χ3n) is 2.78. The molecule has 0 aromatic carbocycles. The summed E-state index contributed by atoms with van der Waals surface area (Å²) in [5, 5.41) is 13.6. The lowest BCUT2D eigenvalue weighted by atomic mass is 10.0. The van der Waals surface area contributed by atoms with Crippen molar-refractivity contribution in [3.8, 4) is 0 Å². The number of fused-ring (bicyclic) bond motifs is 1. The molecule has 1 aliphatic carbocycles. The lowest BCUT2D eigenvalue weighted by Gasteiger charge is -2.13. The Kier molecular flexibility index (Phi) is 2.50. The van der Waals surface area contributed by atoms with Crippen LogP contribution < -0.4 is 0 Å². The second-order valence-corrected chi connectivity index (χ2v) is 4.18. The molecular formula is C10H14F2N2O. The Morgan fingerprint density at radius 1 is 1.47 bits per heavy atom. The van der Waals surface area contributed by atoms with Gasteiger partial charge in [-0.05, 0) is 18.8 Å². The zero-order chi connectivity index (χ0) is 11.2. The number of nitrogens with zero attached hydrogens (tertiary/aromatic N) is 2. The van der Waals surface area contributed by atoms with Crippen LogP contribution >= 0.6 is 0 Å². The molecule has 1 atom stereocenters. The molecule has 1 aromatic heterocycles. The van der Waals surface area contributed by atoms with Gasteiger partial charge in [-0.25, -0.2) is 4.68 Å². The van der Waals surface area contributed by atoms with Gasteiger partial charge in [0.25, 0.3) is 0 Å². The average molecular weight is 216 g/mol. The van der Waals surface area contributed by atoms with Crippen LogP contribution in [0.5, 0.6) is 0 Å². The van der Waals surface area contributed by atoms with E-state index in [4.69, 9.17) is 0 Å². The summed E-state index contributed by atoms with van der Waals surface area (Å²) in [6, 6.07) is 0. The van der Waals surface area contributed by atoms with Crippen molar-refractivity contribution in [2.24, 2.45) is 0 Å². The maximum absolute atomic E-state index is 12.7. The summed E-state index contributed by atoms with van der Waals surface area (Å²) in [4.78, 5) is 0. The van der Waals surface area contributed by atoms with E-state index in [1.54, 1.807) is 0 Å². The van der Waals surface area contributed by atoms with E-state index in [9.17, 15) is 13.9 Å². The summed E-state index contributed by atoms with van der Waals surface area (Å²) in [5.74, 6) is -0.0528. The molecule has 1 aliphatic rings. The monoisotopic (exact) mass is 216 g/mol. The molecule has 0 fully saturated rings. The summed E-state index contributed by atoms with van der Waals surface area (Å²) in [5.41, 5.74) is 1.74. The molecule has 0 aliphatic heterocycles. The number of hydrogen-bond donors (Lipinski definition) is 1. The minimum Gasteiger partial charge on any atom is -0.388 e. The molecule has 84 valence electrons. The van der Waals surface area contributed by atoms with Crippen LogP contribution in [0.3, 0.4) is 0 Å². The highest BCUT2D eigenvalue weighted by molar-refractivity contribution is 5.34. The van der Waals surface area contributed by atoms with Crippen LogP contribution in [0.15, 0.2) is 0 Å². The minimum atomic E-state index is -2.62. The number of halogens is 2. The fourth-order valence-corrected chi connectivity index (χ4v) is 2.20. The highest BCUT2D eigenvalue weighted by Gasteiger charge is 2.32. The standard InChI is InChI=1S/C10H14F2N2O/c1-5(2)9-8-6(3-4-7(8)15)13-14(9)10(11)12/h5,7,10,15H,3-4H2,1-2H3. The lowest BCUT2D eigenvalue weighted by Crippen LogP contribution is -2.10. The minimum absolute atomic E-state index is 0.0528. The zero-order valence-corrected chi connectivity index (χ0v) is 8.74. The molecule has 0 bridgehead atoms. The van der Waals surface area contributed by atoms with Gasteiger partial charge in [0.2, 0.25) is 0 Å². The van der Waals surface area contributed by atoms with E-state index in [1.165, 1.54) is 0 Å². The van der Waals surface area contributed by atoms with Crippen molar-refractivity contribution in [1.82, 2.24) is 9.78 Å². The molecule has 0 amide bonds. The summed E-state index contributed by atoms with van der Waals surface area (Å²) in [7, 11) is 0. The Morgan fingerprint density at radius 3 is 2.67 bits per heavy atom. The van der Waals surface area contributed by atoms with E-state index in [0.29, 0.717) is 29.8 Å². The highest BCUT2D eigenvalue weighted by Crippen LogP contribution is 2.38. The molecule has 1 aromatic rings. The summed E-state index contributed by atoms with van der Waals surface area (Å²) in [6.07, 6.45) is 0.571. The topological polar surface area (TPSA) is 38.0 Å². The van der Waals surface area contributed by atoms with Gasteiger partial charge in [0.1, 0.15) is 0 Å². The molecule has 0 saturated carbocycles. The second kappa shape index (κ2) is 3.56. The second-order valence-electron chi connectivity index (χ2n) is 4.18. The zero-order valence-electron chi connectivity index (χ0n) is 8.74. The highest BCUT2D eigenvalue weighted by atomic mass is 19.3. The number of aryl methyl sites for hydroxylation is 1. The molecular weight excluding hydrogens is 202 g/mol. The van der Waals surface area contributed by atoms with Crippen molar-refractivity contribution in [3.05, 3.63) is 17.0 Å². The van der Waals surface area contributed by atoms with Gasteiger partial charge >= 0.3 is 6.55 Å². The Labute approximate surface area is 86.7 Å². The van der Waals surface area contributed by atoms with E-state index in [2.05, 4.69) is 5.10 Å². The van der Waals surface area contributed by atoms with Crippen LogP contribution in [0.4, 0.5) is 8.78 Å². The van der Waals surface area contributed by atoms with Crippen LogP contribution in [-0.4, -0.2) is 14.9 Å². The predicted octanol–water partition coefficient (Wildman–Crippen LogP) is 2.38. The quantitative estimate of drug-likeness (QED) is 0.824. The number of hydrogen-bond acceptors (Lipinski definition) is 2. The Bertz CT molecular complexity index is 374. The maximum Gasteiger partial charge on any atom is 0.333 e. The van der Waals surface area contributed by atoms with Gasteiger partial charge < -0.3 is 5.11 Å². The smallest absolute Gasteiger partial charge is 0.333 e. The Hall–Kier alpha value is -0.970. The first-order valence-electron chi connectivity index (χ1n) is 5.09. The third-order valence-corrected chi connectivity index (χ3v) is 2.78. The largest absolute Gasteiger partial charge is 0.388 e. The molecule has 0 radical (unpaired) electrons. The van der Waals surface area contributed by atoms with E-state index in [1.807, 2.05) is 13.8 Å². The number of aliphatic hydroxyl groups excluding tert-OH is 1. The van der Waals surface area contributed by atoms with Crippen molar-refractivity contribution in [2.45, 2.75) is 45.3 Å². The normalized spacial score (nSPS) is 20.3. The number of rotatable bonds is 2. The van der Waals surface area contributed by atoms with Crippen LogP contribution in [0.25, 0.3) is 0 Å². The molecule has 0 spiro atoms. The van der Waals surface area contributed by atoms with E-state index >= 15 is 0 Å².